The summed E-state index contributed by atoms with van der Waals surface area (Å²) in [6.07, 6.45) is 5.58. The van der Waals surface area contributed by atoms with Crippen LogP contribution in [0, 0.1) is 0 Å². The predicted molar refractivity (Wildman–Crippen MR) is 93.6 cm³/mol. The minimum atomic E-state index is -0.763. The molecule has 6 heteroatoms. The van der Waals surface area contributed by atoms with Gasteiger partial charge in [0.05, 0.1) is 13.2 Å². The van der Waals surface area contributed by atoms with E-state index in [1.807, 2.05) is 18.2 Å². The molecule has 1 aliphatic rings. The highest BCUT2D eigenvalue weighted by atomic mass is 16.5. The van der Waals surface area contributed by atoms with E-state index in [2.05, 4.69) is 16.4 Å². The van der Waals surface area contributed by atoms with Crippen LogP contribution < -0.4 is 10.6 Å². The Balaban J connectivity index is 1.89. The average molecular weight is 340 g/mol. The summed E-state index contributed by atoms with van der Waals surface area (Å²) in [4.78, 5) is 35.5. The van der Waals surface area contributed by atoms with Gasteiger partial charge in [-0.3, -0.25) is 9.59 Å². The molecule has 0 radical (unpaired) electrons. The molecule has 0 fully saturated rings. The van der Waals surface area contributed by atoms with Gasteiger partial charge in [-0.1, -0.05) is 18.2 Å². The molecule has 2 N–H and O–H groups in total. The zero-order chi connectivity index (χ0) is 18.2. The van der Waals surface area contributed by atoms with E-state index >= 15 is 0 Å². The van der Waals surface area contributed by atoms with Crippen molar-refractivity contribution in [2.45, 2.75) is 19.9 Å². The number of ether oxygens (including phenoxy) is 1. The molecule has 0 unspecified atom stereocenters. The third-order valence-electron chi connectivity index (χ3n) is 3.46. The summed E-state index contributed by atoms with van der Waals surface area (Å²) in [5.74, 6) is -1.34. The molecule has 6 nitrogen and oxygen atoms in total. The average Bonchev–Trinajstić information content (AvgIpc) is 3.14. The van der Waals surface area contributed by atoms with E-state index in [9.17, 15) is 14.4 Å². The zero-order valence-electron chi connectivity index (χ0n) is 14.2. The largest absolute Gasteiger partial charge is 0.464 e. The van der Waals surface area contributed by atoms with Crippen LogP contribution in [0.4, 0.5) is 0 Å². The van der Waals surface area contributed by atoms with E-state index in [1.165, 1.54) is 6.92 Å². The maximum Gasteiger partial charge on any atom is 0.328 e. The van der Waals surface area contributed by atoms with E-state index in [4.69, 9.17) is 4.74 Å². The first-order valence-corrected chi connectivity index (χ1v) is 7.99. The summed E-state index contributed by atoms with van der Waals surface area (Å²) in [5.41, 5.74) is 5.29. The standard InChI is InChI=1S/C19H20N2O4/c1-3-25-19(24)13(2)21-17(22)12-20-18(23)16-10-6-9-15(11-16)14-7-4-5-8-14/h4-7,9-11,13H,3,12H2,1-2H3,(H,20,23)(H,21,22)/t13-/m1/s1. The summed E-state index contributed by atoms with van der Waals surface area (Å²) in [6.45, 7) is 3.23. The highest BCUT2D eigenvalue weighted by molar-refractivity contribution is 5.97. The zero-order valence-corrected chi connectivity index (χ0v) is 14.2. The van der Waals surface area contributed by atoms with Crippen LogP contribution in [0.5, 0.6) is 0 Å². The van der Waals surface area contributed by atoms with Crippen molar-refractivity contribution in [3.8, 4) is 0 Å². The molecule has 2 amide bonds. The molecule has 1 aliphatic carbocycles. The van der Waals surface area contributed by atoms with Crippen LogP contribution in [0.1, 0.15) is 29.8 Å². The van der Waals surface area contributed by atoms with Gasteiger partial charge in [0.1, 0.15) is 6.04 Å². The van der Waals surface area contributed by atoms with Gasteiger partial charge in [-0.25, -0.2) is 4.79 Å². The monoisotopic (exact) mass is 340 g/mol. The molecule has 0 spiro atoms. The number of carbonyl (C=O) groups excluding carboxylic acids is 3. The molecule has 0 bridgehead atoms. The van der Waals surface area contributed by atoms with E-state index < -0.39 is 17.9 Å². The number of amides is 2. The fourth-order valence-corrected chi connectivity index (χ4v) is 2.22. The van der Waals surface area contributed by atoms with E-state index in [0.717, 1.165) is 11.1 Å². The van der Waals surface area contributed by atoms with Gasteiger partial charge in [0.2, 0.25) is 5.91 Å². The van der Waals surface area contributed by atoms with Gasteiger partial charge in [0, 0.05) is 11.1 Å². The fraction of sp³-hybridized carbons (Fsp3) is 0.263. The first-order valence-electron chi connectivity index (χ1n) is 7.99. The second kappa shape index (κ2) is 8.66. The van der Waals surface area contributed by atoms with Crippen molar-refractivity contribution >= 4 is 23.4 Å². The molecule has 0 aliphatic heterocycles. The van der Waals surface area contributed by atoms with E-state index in [0.29, 0.717) is 5.56 Å². The maximum absolute atomic E-state index is 12.2. The molecule has 25 heavy (non-hydrogen) atoms. The number of benzene rings is 1. The Hall–Kier alpha value is -3.11. The van der Waals surface area contributed by atoms with Gasteiger partial charge < -0.3 is 15.4 Å². The number of rotatable bonds is 7. The predicted octanol–water partition coefficient (Wildman–Crippen LogP) is 1.59. The summed E-state index contributed by atoms with van der Waals surface area (Å²) in [5, 5.41) is 5.01. The number of hydrogen-bond acceptors (Lipinski definition) is 4. The van der Waals surface area contributed by atoms with Gasteiger partial charge >= 0.3 is 5.97 Å². The molecule has 1 aromatic rings. The second-order valence-electron chi connectivity index (χ2n) is 5.39. The van der Waals surface area contributed by atoms with E-state index in [1.54, 1.807) is 31.2 Å². The highest BCUT2D eigenvalue weighted by Gasteiger charge is 2.17. The van der Waals surface area contributed by atoms with Gasteiger partial charge in [0.15, 0.2) is 0 Å². The molecular weight excluding hydrogens is 320 g/mol. The Kier molecular flexibility index (Phi) is 6.32. The van der Waals surface area contributed by atoms with Crippen LogP contribution in [-0.2, 0) is 14.3 Å². The smallest absolute Gasteiger partial charge is 0.328 e. The summed E-state index contributed by atoms with van der Waals surface area (Å²) in [6, 6.07) is 6.30. The molecule has 0 saturated carbocycles. The van der Waals surface area contributed by atoms with Gasteiger partial charge in [-0.15, -0.1) is 5.73 Å². The van der Waals surface area contributed by atoms with Crippen LogP contribution in [0.2, 0.25) is 0 Å². The topological polar surface area (TPSA) is 84.5 Å². The lowest BCUT2D eigenvalue weighted by atomic mass is 10.0. The van der Waals surface area contributed by atoms with Crippen molar-refractivity contribution in [1.82, 2.24) is 10.6 Å². The Morgan fingerprint density at radius 2 is 2.08 bits per heavy atom. The summed E-state index contributed by atoms with van der Waals surface area (Å²) < 4.78 is 4.80. The highest BCUT2D eigenvalue weighted by Crippen LogP contribution is 2.18. The van der Waals surface area contributed by atoms with E-state index in [-0.39, 0.29) is 19.1 Å². The lowest BCUT2D eigenvalue weighted by Crippen LogP contribution is -2.44. The van der Waals surface area contributed by atoms with Crippen molar-refractivity contribution in [3.05, 3.63) is 59.4 Å². The lowest BCUT2D eigenvalue weighted by molar-refractivity contribution is -0.146. The van der Waals surface area contributed by atoms with Crippen molar-refractivity contribution in [3.63, 3.8) is 0 Å². The van der Waals surface area contributed by atoms with Crippen molar-refractivity contribution in [2.75, 3.05) is 13.2 Å². The first-order chi connectivity index (χ1) is 12.0. The number of hydrogen-bond donors (Lipinski definition) is 2. The third kappa shape index (κ3) is 5.19. The van der Waals surface area contributed by atoms with Crippen molar-refractivity contribution in [1.29, 1.82) is 0 Å². The molecular formula is C19H20N2O4. The Bertz CT molecular complexity index is 773. The molecule has 1 aromatic carbocycles. The number of carbonyl (C=O) groups is 3. The van der Waals surface area contributed by atoms with Crippen molar-refractivity contribution in [2.24, 2.45) is 0 Å². The third-order valence-corrected chi connectivity index (χ3v) is 3.46. The Morgan fingerprint density at radius 3 is 2.76 bits per heavy atom. The quantitative estimate of drug-likeness (QED) is 0.583. The molecule has 1 atom stereocenters. The van der Waals surface area contributed by atoms with Crippen LogP contribution in [0.25, 0.3) is 5.57 Å². The summed E-state index contributed by atoms with van der Waals surface area (Å²) in [7, 11) is 0. The molecule has 2 rings (SSSR count). The molecule has 130 valence electrons. The van der Waals surface area contributed by atoms with Gasteiger partial charge in [-0.05, 0) is 43.7 Å². The Morgan fingerprint density at radius 1 is 1.28 bits per heavy atom. The van der Waals surface area contributed by atoms with Gasteiger partial charge in [0.25, 0.3) is 5.91 Å². The molecule has 0 saturated heterocycles. The molecule has 0 aromatic heterocycles. The van der Waals surface area contributed by atoms with Gasteiger partial charge in [-0.2, -0.15) is 0 Å². The second-order valence-corrected chi connectivity index (χ2v) is 5.39. The fourth-order valence-electron chi connectivity index (χ4n) is 2.22. The van der Waals surface area contributed by atoms with Crippen LogP contribution in [0.15, 0.2) is 48.2 Å². The maximum atomic E-state index is 12.2. The minimum absolute atomic E-state index is 0.227. The first kappa shape index (κ1) is 18.2. The lowest BCUT2D eigenvalue weighted by Gasteiger charge is -2.13. The van der Waals surface area contributed by atoms with Crippen molar-refractivity contribution < 1.29 is 19.1 Å². The normalized spacial score (nSPS) is 13.1. The van der Waals surface area contributed by atoms with Crippen LogP contribution in [-0.4, -0.2) is 37.0 Å². The number of esters is 1. The SMILES string of the molecule is CCOC(=O)[C@@H](C)NC(=O)CNC(=O)c1cccc(C2=C=CC=C2)c1. The summed E-state index contributed by atoms with van der Waals surface area (Å²) >= 11 is 0. The number of allylic oxidation sites excluding steroid dienone is 3. The number of nitrogens with one attached hydrogen (secondary N) is 2. The van der Waals surface area contributed by atoms with Crippen LogP contribution >= 0.6 is 0 Å². The van der Waals surface area contributed by atoms with Crippen LogP contribution in [0.3, 0.4) is 0 Å². The Labute approximate surface area is 146 Å². The molecule has 0 heterocycles. The minimum Gasteiger partial charge on any atom is -0.464 e.